The molecule has 0 bridgehead atoms. The third-order valence-corrected chi connectivity index (χ3v) is 4.09. The number of nitrogens with one attached hydrogen (secondary N) is 2. The van der Waals surface area contributed by atoms with Crippen molar-refractivity contribution in [3.05, 3.63) is 52.5 Å². The van der Waals surface area contributed by atoms with E-state index in [1.54, 1.807) is 30.5 Å². The van der Waals surface area contributed by atoms with E-state index in [0.29, 0.717) is 12.3 Å². The van der Waals surface area contributed by atoms with E-state index < -0.39 is 0 Å². The fourth-order valence-electron chi connectivity index (χ4n) is 2.03. The van der Waals surface area contributed by atoms with Crippen LogP contribution in [0.1, 0.15) is 11.8 Å². The van der Waals surface area contributed by atoms with E-state index in [1.165, 1.54) is 17.0 Å². The first-order chi connectivity index (χ1) is 11.2. The molecule has 7 heteroatoms. The van der Waals surface area contributed by atoms with Crippen molar-refractivity contribution in [2.24, 2.45) is 4.99 Å². The van der Waals surface area contributed by atoms with Crippen LogP contribution >= 0.6 is 35.3 Å². The molecule has 0 aliphatic carbocycles. The number of benzene rings is 1. The van der Waals surface area contributed by atoms with Gasteiger partial charge in [0.05, 0.1) is 6.54 Å². The van der Waals surface area contributed by atoms with E-state index in [2.05, 4.69) is 33.1 Å². The number of thiophene rings is 1. The average molecular weight is 463 g/mol. The minimum atomic E-state index is -0.297. The smallest absolute Gasteiger partial charge is 0.191 e. The predicted molar refractivity (Wildman–Crippen MR) is 109 cm³/mol. The molecule has 0 amide bonds. The maximum atomic E-state index is 13.1. The second-order valence-electron chi connectivity index (χ2n) is 5.10. The second-order valence-corrected chi connectivity index (χ2v) is 6.13. The van der Waals surface area contributed by atoms with Crippen LogP contribution in [0.15, 0.2) is 46.8 Å². The monoisotopic (exact) mass is 463 g/mol. The molecule has 0 aliphatic heterocycles. The van der Waals surface area contributed by atoms with E-state index in [1.807, 2.05) is 6.92 Å². The van der Waals surface area contributed by atoms with Gasteiger partial charge in [0.2, 0.25) is 0 Å². The fraction of sp³-hybridized carbons (Fsp3) is 0.353. The largest absolute Gasteiger partial charge is 0.489 e. The highest BCUT2D eigenvalue weighted by Crippen LogP contribution is 2.13. The Labute approximate surface area is 163 Å². The van der Waals surface area contributed by atoms with Crippen LogP contribution in [0.4, 0.5) is 4.39 Å². The molecule has 2 rings (SSSR count). The molecule has 0 fully saturated rings. The summed E-state index contributed by atoms with van der Waals surface area (Å²) < 4.78 is 18.8. The summed E-state index contributed by atoms with van der Waals surface area (Å²) in [6.07, 6.45) is 0.862. The Morgan fingerprint density at radius 2 is 2.12 bits per heavy atom. The second kappa shape index (κ2) is 11.2. The highest BCUT2D eigenvalue weighted by molar-refractivity contribution is 14.0. The number of ether oxygens (including phenoxy) is 1. The molecule has 0 saturated heterocycles. The summed E-state index contributed by atoms with van der Waals surface area (Å²) in [5.74, 6) is 0.963. The Kier molecular flexibility index (Phi) is 9.70. The van der Waals surface area contributed by atoms with Crippen molar-refractivity contribution in [3.8, 4) is 5.75 Å². The number of nitrogens with zero attached hydrogens (tertiary/aromatic N) is 1. The van der Waals surface area contributed by atoms with Gasteiger partial charge in [-0.3, -0.25) is 4.99 Å². The first-order valence-electron chi connectivity index (χ1n) is 7.56. The zero-order chi connectivity index (χ0) is 16.5. The minimum Gasteiger partial charge on any atom is -0.489 e. The summed E-state index contributed by atoms with van der Waals surface area (Å²) in [5.41, 5.74) is 0. The lowest BCUT2D eigenvalue weighted by Gasteiger charge is -2.17. The van der Waals surface area contributed by atoms with Gasteiger partial charge in [-0.25, -0.2) is 4.39 Å². The summed E-state index contributed by atoms with van der Waals surface area (Å²) >= 11 is 1.75. The Morgan fingerprint density at radius 1 is 1.29 bits per heavy atom. The topological polar surface area (TPSA) is 45.7 Å². The molecule has 0 saturated carbocycles. The molecule has 2 N–H and O–H groups in total. The van der Waals surface area contributed by atoms with Gasteiger partial charge in [-0.2, -0.15) is 0 Å². The molecule has 1 atom stereocenters. The molecule has 1 aromatic carbocycles. The Balaban J connectivity index is 0.00000288. The molecule has 0 spiro atoms. The quantitative estimate of drug-likeness (QED) is 0.374. The maximum Gasteiger partial charge on any atom is 0.191 e. The number of hydrogen-bond acceptors (Lipinski definition) is 3. The van der Waals surface area contributed by atoms with Crippen LogP contribution in [0.2, 0.25) is 0 Å². The number of aliphatic imine (C=N–C) groups is 1. The fourth-order valence-corrected chi connectivity index (χ4v) is 2.74. The van der Waals surface area contributed by atoms with Gasteiger partial charge < -0.3 is 15.4 Å². The van der Waals surface area contributed by atoms with Crippen molar-refractivity contribution in [1.29, 1.82) is 0 Å². The van der Waals surface area contributed by atoms with Gasteiger partial charge in [0, 0.05) is 24.5 Å². The van der Waals surface area contributed by atoms with Gasteiger partial charge in [0.1, 0.15) is 17.7 Å². The summed E-state index contributed by atoms with van der Waals surface area (Å²) in [6.45, 7) is 3.32. The van der Waals surface area contributed by atoms with Gasteiger partial charge in [-0.15, -0.1) is 35.3 Å². The molecule has 1 unspecified atom stereocenters. The van der Waals surface area contributed by atoms with Crippen LogP contribution in [-0.2, 0) is 6.42 Å². The predicted octanol–water partition coefficient (Wildman–Crippen LogP) is 3.68. The number of hydrogen-bond donors (Lipinski definition) is 2. The normalized spacial score (nSPS) is 12.2. The summed E-state index contributed by atoms with van der Waals surface area (Å²) in [4.78, 5) is 5.53. The minimum absolute atomic E-state index is 0. The molecule has 132 valence electrons. The molecule has 2 aromatic rings. The summed E-state index contributed by atoms with van der Waals surface area (Å²) in [7, 11) is 1.73. The lowest BCUT2D eigenvalue weighted by atomic mass is 10.3. The van der Waals surface area contributed by atoms with E-state index >= 15 is 0 Å². The van der Waals surface area contributed by atoms with Crippen LogP contribution in [0.5, 0.6) is 5.75 Å². The Morgan fingerprint density at radius 3 is 2.79 bits per heavy atom. The van der Waals surface area contributed by atoms with Crippen molar-refractivity contribution in [1.82, 2.24) is 10.6 Å². The summed E-state index contributed by atoms with van der Waals surface area (Å²) in [5, 5.41) is 8.55. The van der Waals surface area contributed by atoms with Gasteiger partial charge in [0.15, 0.2) is 5.96 Å². The highest BCUT2D eigenvalue weighted by Gasteiger charge is 2.06. The first kappa shape index (κ1) is 20.7. The number of guanidine groups is 1. The van der Waals surface area contributed by atoms with Crippen LogP contribution < -0.4 is 15.4 Å². The molecular weight excluding hydrogens is 440 g/mol. The van der Waals surface area contributed by atoms with Crippen LogP contribution in [0, 0.1) is 5.82 Å². The molecule has 0 radical (unpaired) electrons. The van der Waals surface area contributed by atoms with Gasteiger partial charge >= 0.3 is 0 Å². The molecule has 1 heterocycles. The Bertz CT molecular complexity index is 622. The van der Waals surface area contributed by atoms with Crippen LogP contribution in [0.3, 0.4) is 0 Å². The van der Waals surface area contributed by atoms with Crippen molar-refractivity contribution in [3.63, 3.8) is 0 Å². The van der Waals surface area contributed by atoms with E-state index in [0.717, 1.165) is 18.9 Å². The molecule has 24 heavy (non-hydrogen) atoms. The zero-order valence-corrected chi connectivity index (χ0v) is 16.9. The van der Waals surface area contributed by atoms with E-state index in [4.69, 9.17) is 4.74 Å². The van der Waals surface area contributed by atoms with E-state index in [-0.39, 0.29) is 35.9 Å². The first-order valence-corrected chi connectivity index (χ1v) is 8.44. The zero-order valence-electron chi connectivity index (χ0n) is 13.8. The van der Waals surface area contributed by atoms with Gasteiger partial charge in [-0.1, -0.05) is 12.1 Å². The van der Waals surface area contributed by atoms with Crippen LogP contribution in [-0.4, -0.2) is 32.2 Å². The summed E-state index contributed by atoms with van der Waals surface area (Å²) in [6, 6.07) is 10.3. The lowest BCUT2D eigenvalue weighted by molar-refractivity contribution is 0.223. The van der Waals surface area contributed by atoms with E-state index in [9.17, 15) is 4.39 Å². The highest BCUT2D eigenvalue weighted by atomic mass is 127. The lowest BCUT2D eigenvalue weighted by Crippen LogP contribution is -2.42. The molecule has 1 aromatic heterocycles. The van der Waals surface area contributed by atoms with Crippen LogP contribution in [0.25, 0.3) is 0 Å². The van der Waals surface area contributed by atoms with Gasteiger partial charge in [-0.05, 0) is 36.9 Å². The SMILES string of the molecule is CN=C(NCCc1cccs1)NCC(C)Oc1cccc(F)c1.I. The van der Waals surface area contributed by atoms with Crippen molar-refractivity contribution < 1.29 is 9.13 Å². The maximum absolute atomic E-state index is 13.1. The third-order valence-electron chi connectivity index (χ3n) is 3.16. The van der Waals surface area contributed by atoms with Crippen molar-refractivity contribution >= 4 is 41.3 Å². The number of rotatable bonds is 7. The van der Waals surface area contributed by atoms with Crippen molar-refractivity contribution in [2.45, 2.75) is 19.4 Å². The standard InChI is InChI=1S/C17H22FN3OS.HI/c1-13(22-15-6-3-5-14(18)11-15)12-21-17(19-2)20-9-8-16-7-4-10-23-16;/h3-7,10-11,13H,8-9,12H2,1-2H3,(H2,19,20,21);1H. The molecule has 0 aliphatic rings. The number of halogens is 2. The van der Waals surface area contributed by atoms with Gasteiger partial charge in [0.25, 0.3) is 0 Å². The van der Waals surface area contributed by atoms with Crippen molar-refractivity contribution in [2.75, 3.05) is 20.1 Å². The average Bonchev–Trinajstić information content (AvgIpc) is 3.04. The molecule has 4 nitrogen and oxygen atoms in total. The third kappa shape index (κ3) is 7.48. The molecular formula is C17H23FIN3OS. The Hall–Kier alpha value is -1.35.